The summed E-state index contributed by atoms with van der Waals surface area (Å²) in [6, 6.07) is 4.01. The second-order valence-corrected chi connectivity index (χ2v) is 6.02. The standard InChI is InChI=1S/C15H23NO3/c1-15(2,3)5-6-16-9-11-7-12(17-4)14-13(8-11)18-10-19-14/h7-8,16H,5-6,9-10H2,1-4H3. The van der Waals surface area contributed by atoms with Crippen LogP contribution >= 0.6 is 0 Å². The Balaban J connectivity index is 1.94. The van der Waals surface area contributed by atoms with E-state index in [2.05, 4.69) is 26.1 Å². The number of benzene rings is 1. The molecule has 4 nitrogen and oxygen atoms in total. The van der Waals surface area contributed by atoms with Gasteiger partial charge in [0.15, 0.2) is 11.5 Å². The van der Waals surface area contributed by atoms with Crippen molar-refractivity contribution in [2.75, 3.05) is 20.4 Å². The SMILES string of the molecule is COc1cc(CNCCC(C)(C)C)cc2c1OCO2. The summed E-state index contributed by atoms with van der Waals surface area (Å²) < 4.78 is 16.1. The molecule has 2 rings (SSSR count). The fraction of sp³-hybridized carbons (Fsp3) is 0.600. The molecule has 0 atom stereocenters. The van der Waals surface area contributed by atoms with Gasteiger partial charge in [-0.2, -0.15) is 0 Å². The van der Waals surface area contributed by atoms with E-state index in [1.807, 2.05) is 12.1 Å². The van der Waals surface area contributed by atoms with Gasteiger partial charge in [-0.3, -0.25) is 0 Å². The predicted molar refractivity (Wildman–Crippen MR) is 74.9 cm³/mol. The first-order valence-electron chi connectivity index (χ1n) is 6.67. The number of ether oxygens (including phenoxy) is 3. The van der Waals surface area contributed by atoms with Crippen molar-refractivity contribution in [1.82, 2.24) is 5.32 Å². The van der Waals surface area contributed by atoms with Gasteiger partial charge in [-0.05, 0) is 36.1 Å². The van der Waals surface area contributed by atoms with E-state index in [1.165, 1.54) is 0 Å². The summed E-state index contributed by atoms with van der Waals surface area (Å²) in [7, 11) is 1.65. The number of rotatable bonds is 5. The molecule has 1 heterocycles. The van der Waals surface area contributed by atoms with Crippen LogP contribution < -0.4 is 19.5 Å². The van der Waals surface area contributed by atoms with Gasteiger partial charge in [0.2, 0.25) is 12.5 Å². The molecule has 0 saturated heterocycles. The molecule has 0 spiro atoms. The van der Waals surface area contributed by atoms with Crippen molar-refractivity contribution in [3.8, 4) is 17.2 Å². The molecule has 0 amide bonds. The second kappa shape index (κ2) is 5.70. The van der Waals surface area contributed by atoms with Crippen molar-refractivity contribution in [3.63, 3.8) is 0 Å². The van der Waals surface area contributed by atoms with Crippen molar-refractivity contribution >= 4 is 0 Å². The fourth-order valence-electron chi connectivity index (χ4n) is 1.98. The summed E-state index contributed by atoms with van der Waals surface area (Å²) >= 11 is 0. The van der Waals surface area contributed by atoms with E-state index in [0.29, 0.717) is 11.2 Å². The third kappa shape index (κ3) is 3.77. The van der Waals surface area contributed by atoms with Crippen molar-refractivity contribution in [2.24, 2.45) is 5.41 Å². The third-order valence-electron chi connectivity index (χ3n) is 3.10. The smallest absolute Gasteiger partial charge is 0.231 e. The molecule has 0 bridgehead atoms. The summed E-state index contributed by atoms with van der Waals surface area (Å²) in [6.07, 6.45) is 1.15. The van der Waals surface area contributed by atoms with E-state index in [4.69, 9.17) is 14.2 Å². The predicted octanol–water partition coefficient (Wildman–Crippen LogP) is 2.95. The molecule has 1 N–H and O–H groups in total. The van der Waals surface area contributed by atoms with Crippen molar-refractivity contribution in [1.29, 1.82) is 0 Å². The maximum Gasteiger partial charge on any atom is 0.231 e. The van der Waals surface area contributed by atoms with Crippen LogP contribution in [0.25, 0.3) is 0 Å². The zero-order chi connectivity index (χ0) is 13.9. The average Bonchev–Trinajstić information content (AvgIpc) is 2.80. The molecular formula is C15H23NO3. The molecule has 0 aromatic heterocycles. The van der Waals surface area contributed by atoms with Crippen LogP contribution in [-0.2, 0) is 6.54 Å². The van der Waals surface area contributed by atoms with E-state index < -0.39 is 0 Å². The normalized spacial score (nSPS) is 13.7. The van der Waals surface area contributed by atoms with Crippen LogP contribution in [-0.4, -0.2) is 20.4 Å². The molecule has 0 fully saturated rings. The molecule has 0 saturated carbocycles. The molecule has 0 radical (unpaired) electrons. The van der Waals surface area contributed by atoms with Crippen molar-refractivity contribution in [3.05, 3.63) is 17.7 Å². The molecule has 0 aliphatic carbocycles. The highest BCUT2D eigenvalue weighted by atomic mass is 16.7. The minimum atomic E-state index is 0.270. The minimum absolute atomic E-state index is 0.270. The highest BCUT2D eigenvalue weighted by molar-refractivity contribution is 5.55. The van der Waals surface area contributed by atoms with E-state index in [1.54, 1.807) is 7.11 Å². The molecule has 1 aliphatic heterocycles. The van der Waals surface area contributed by atoms with Crippen molar-refractivity contribution < 1.29 is 14.2 Å². The molecule has 106 valence electrons. The summed E-state index contributed by atoms with van der Waals surface area (Å²) in [5, 5.41) is 3.45. The van der Waals surface area contributed by atoms with Gasteiger partial charge in [0.05, 0.1) is 7.11 Å². The maximum absolute atomic E-state index is 5.41. The van der Waals surface area contributed by atoms with Crippen LogP contribution in [0.15, 0.2) is 12.1 Å². The van der Waals surface area contributed by atoms with E-state index in [0.717, 1.165) is 36.6 Å². The van der Waals surface area contributed by atoms with Gasteiger partial charge >= 0.3 is 0 Å². The second-order valence-electron chi connectivity index (χ2n) is 6.02. The zero-order valence-electron chi connectivity index (χ0n) is 12.2. The highest BCUT2D eigenvalue weighted by Crippen LogP contribution is 2.41. The topological polar surface area (TPSA) is 39.7 Å². The van der Waals surface area contributed by atoms with Gasteiger partial charge in [0.25, 0.3) is 0 Å². The van der Waals surface area contributed by atoms with Crippen LogP contribution in [0.4, 0.5) is 0 Å². The van der Waals surface area contributed by atoms with E-state index >= 15 is 0 Å². The van der Waals surface area contributed by atoms with Crippen LogP contribution in [0.3, 0.4) is 0 Å². The van der Waals surface area contributed by atoms with Crippen LogP contribution in [0.2, 0.25) is 0 Å². The number of hydrogen-bond donors (Lipinski definition) is 1. The number of fused-ring (bicyclic) bond motifs is 1. The number of hydrogen-bond acceptors (Lipinski definition) is 4. The Morgan fingerprint density at radius 1 is 1.26 bits per heavy atom. The Morgan fingerprint density at radius 2 is 2.05 bits per heavy atom. The molecule has 1 aromatic carbocycles. The first kappa shape index (κ1) is 14.0. The quantitative estimate of drug-likeness (QED) is 0.831. The Morgan fingerprint density at radius 3 is 2.74 bits per heavy atom. The maximum atomic E-state index is 5.41. The van der Waals surface area contributed by atoms with Gasteiger partial charge < -0.3 is 19.5 Å². The lowest BCUT2D eigenvalue weighted by Gasteiger charge is -2.18. The van der Waals surface area contributed by atoms with Crippen molar-refractivity contribution in [2.45, 2.75) is 33.7 Å². The first-order valence-corrected chi connectivity index (χ1v) is 6.67. The van der Waals surface area contributed by atoms with Crippen LogP contribution in [0.5, 0.6) is 17.2 Å². The van der Waals surface area contributed by atoms with Gasteiger partial charge in [0.1, 0.15) is 0 Å². The monoisotopic (exact) mass is 265 g/mol. The summed E-state index contributed by atoms with van der Waals surface area (Å²) in [5.74, 6) is 2.22. The first-order chi connectivity index (χ1) is 8.99. The fourth-order valence-corrected chi connectivity index (χ4v) is 1.98. The largest absolute Gasteiger partial charge is 0.493 e. The highest BCUT2D eigenvalue weighted by Gasteiger charge is 2.19. The van der Waals surface area contributed by atoms with E-state index in [9.17, 15) is 0 Å². The zero-order valence-corrected chi connectivity index (χ0v) is 12.2. The summed E-state index contributed by atoms with van der Waals surface area (Å²) in [6.45, 7) is 8.82. The molecule has 4 heteroatoms. The summed E-state index contributed by atoms with van der Waals surface area (Å²) in [4.78, 5) is 0. The lowest BCUT2D eigenvalue weighted by atomic mass is 9.92. The van der Waals surface area contributed by atoms with Crippen LogP contribution in [0.1, 0.15) is 32.8 Å². The van der Waals surface area contributed by atoms with Crippen LogP contribution in [0, 0.1) is 5.41 Å². The Kier molecular flexibility index (Phi) is 4.20. The molecular weight excluding hydrogens is 242 g/mol. The average molecular weight is 265 g/mol. The minimum Gasteiger partial charge on any atom is -0.493 e. The lowest BCUT2D eigenvalue weighted by Crippen LogP contribution is -2.20. The third-order valence-corrected chi connectivity index (χ3v) is 3.10. The number of nitrogens with one attached hydrogen (secondary N) is 1. The van der Waals surface area contributed by atoms with E-state index in [-0.39, 0.29) is 6.79 Å². The lowest BCUT2D eigenvalue weighted by molar-refractivity contribution is 0.171. The Labute approximate surface area is 115 Å². The number of methoxy groups -OCH3 is 1. The van der Waals surface area contributed by atoms with Gasteiger partial charge in [0, 0.05) is 6.54 Å². The molecule has 1 aromatic rings. The van der Waals surface area contributed by atoms with Gasteiger partial charge in [-0.25, -0.2) is 0 Å². The van der Waals surface area contributed by atoms with Gasteiger partial charge in [-0.15, -0.1) is 0 Å². The Hall–Kier alpha value is -1.42. The summed E-state index contributed by atoms with van der Waals surface area (Å²) in [5.41, 5.74) is 1.51. The van der Waals surface area contributed by atoms with Gasteiger partial charge in [-0.1, -0.05) is 20.8 Å². The molecule has 1 aliphatic rings. The Bertz CT molecular complexity index is 438. The molecule has 0 unspecified atom stereocenters. The molecule has 19 heavy (non-hydrogen) atoms.